The number of hydrogen-bond donors (Lipinski definition) is 2. The molecule has 0 unspecified atom stereocenters. The molecule has 2 bridgehead atoms. The minimum atomic E-state index is -1.53. The molecule has 2 saturated heterocycles. The molecule has 2 aliphatic rings. The van der Waals surface area contributed by atoms with Crippen molar-refractivity contribution in [3.63, 3.8) is 0 Å². The van der Waals surface area contributed by atoms with E-state index in [9.17, 15) is 9.50 Å². The number of hydrogen-bond acceptors (Lipinski definition) is 5. The molecule has 2 fully saturated rings. The molecule has 2 aromatic heterocycles. The highest BCUT2D eigenvalue weighted by Gasteiger charge is 2.55. The Morgan fingerprint density at radius 2 is 2.16 bits per heavy atom. The van der Waals surface area contributed by atoms with Gasteiger partial charge in [0.1, 0.15) is 18.1 Å². The molecule has 4 heterocycles. The number of allylic oxidation sites excluding steroid dienone is 1. The molecule has 6 nitrogen and oxygen atoms in total. The first kappa shape index (κ1) is 18.6. The maximum atomic E-state index is 15.3. The Kier molecular flexibility index (Phi) is 4.34. The first-order chi connectivity index (χ1) is 15.2. The lowest BCUT2D eigenvalue weighted by atomic mass is 9.78. The second kappa shape index (κ2) is 7.23. The van der Waals surface area contributed by atoms with Crippen molar-refractivity contribution in [1.82, 2.24) is 25.1 Å². The maximum absolute atomic E-state index is 15.3. The molecule has 8 heteroatoms. The summed E-state index contributed by atoms with van der Waals surface area (Å²) >= 11 is 0. The molecule has 0 aliphatic carbocycles. The van der Waals surface area contributed by atoms with Crippen molar-refractivity contribution in [2.45, 2.75) is 43.7 Å². The number of imidazole rings is 1. The van der Waals surface area contributed by atoms with Crippen molar-refractivity contribution in [1.29, 1.82) is 0 Å². The molecule has 31 heavy (non-hydrogen) atoms. The molecular weight excluding hydrogens is 400 g/mol. The Morgan fingerprint density at radius 1 is 1.32 bits per heavy atom. The smallest absolute Gasteiger partial charge is 0.127 e. The number of nitrogens with zero attached hydrogens (tertiary/aromatic N) is 4. The van der Waals surface area contributed by atoms with Crippen LogP contribution >= 0.6 is 0 Å². The van der Waals surface area contributed by atoms with Gasteiger partial charge in [-0.1, -0.05) is 6.58 Å². The molecule has 1 aromatic carbocycles. The molecule has 5 rings (SSSR count). The van der Waals surface area contributed by atoms with Crippen LogP contribution in [0.1, 0.15) is 26.8 Å². The highest BCUT2D eigenvalue weighted by Crippen LogP contribution is 2.46. The van der Waals surface area contributed by atoms with Crippen molar-refractivity contribution < 1.29 is 15.3 Å². The number of halogens is 2. The minimum Gasteiger partial charge on any atom is -0.507 e. The summed E-state index contributed by atoms with van der Waals surface area (Å²) in [5.41, 5.74) is 1.38. The molecule has 0 radical (unpaired) electrons. The quantitative estimate of drug-likeness (QED) is 0.665. The summed E-state index contributed by atoms with van der Waals surface area (Å²) in [5, 5.41) is 21.7. The van der Waals surface area contributed by atoms with Gasteiger partial charge in [-0.05, 0) is 43.2 Å². The zero-order chi connectivity index (χ0) is 22.7. The summed E-state index contributed by atoms with van der Waals surface area (Å²) < 4.78 is 39.9. The van der Waals surface area contributed by atoms with Gasteiger partial charge in [-0.25, -0.2) is 13.8 Å². The number of aromatic hydroxyl groups is 1. The number of piperidine rings is 1. The van der Waals surface area contributed by atoms with Crippen LogP contribution in [-0.4, -0.2) is 48.8 Å². The van der Waals surface area contributed by atoms with Crippen LogP contribution in [0.15, 0.2) is 55.6 Å². The molecule has 160 valence electrons. The first-order valence-corrected chi connectivity index (χ1v) is 10.1. The summed E-state index contributed by atoms with van der Waals surface area (Å²) in [4.78, 5) is 3.99. The largest absolute Gasteiger partial charge is 0.507 e. The second-order valence-corrected chi connectivity index (χ2v) is 8.45. The van der Waals surface area contributed by atoms with Crippen LogP contribution < -0.4 is 5.32 Å². The van der Waals surface area contributed by atoms with E-state index < -0.39 is 29.8 Å². The molecule has 5 atom stereocenters. The van der Waals surface area contributed by atoms with Gasteiger partial charge in [0.15, 0.2) is 0 Å². The van der Waals surface area contributed by atoms with Crippen LogP contribution in [0.5, 0.6) is 5.75 Å². The monoisotopic (exact) mass is 424 g/mol. The highest BCUT2D eigenvalue weighted by atomic mass is 19.1. The Morgan fingerprint density at radius 3 is 2.84 bits per heavy atom. The summed E-state index contributed by atoms with van der Waals surface area (Å²) in [5.74, 6) is -0.698. The summed E-state index contributed by atoms with van der Waals surface area (Å²) in [6.45, 7) is 5.62. The van der Waals surface area contributed by atoms with Crippen molar-refractivity contribution in [2.75, 3.05) is 0 Å². The van der Waals surface area contributed by atoms with E-state index >= 15 is 4.39 Å². The van der Waals surface area contributed by atoms with Crippen LogP contribution in [0.2, 0.25) is 0 Å². The van der Waals surface area contributed by atoms with E-state index in [2.05, 4.69) is 27.1 Å². The number of rotatable bonds is 4. The third-order valence-electron chi connectivity index (χ3n) is 6.33. The normalized spacial score (nSPS) is 32.6. The lowest BCUT2D eigenvalue weighted by molar-refractivity contribution is 0.102. The SMILES string of the molecule is [2H][C@]12C[C@@H](C(=C)c3ccc(-c4ccc(-n5ccnc5)cc4O)nn3)[C@H](F)[C@](C)(C[C@H]1F)N2. The molecule has 0 spiro atoms. The molecule has 3 aromatic rings. The molecular formula is C23H23F2N5O. The zero-order valence-electron chi connectivity index (χ0n) is 18.0. The lowest BCUT2D eigenvalue weighted by Crippen LogP contribution is -2.56. The molecule has 2 N–H and O–H groups in total. The summed E-state index contributed by atoms with van der Waals surface area (Å²) in [6, 6.07) is 6.98. The molecule has 0 amide bonds. The van der Waals surface area contributed by atoms with Gasteiger partial charge in [-0.3, -0.25) is 0 Å². The van der Waals surface area contributed by atoms with Crippen LogP contribution in [-0.2, 0) is 0 Å². The Hall–Kier alpha value is -3.13. The van der Waals surface area contributed by atoms with Gasteiger partial charge in [0.25, 0.3) is 0 Å². The number of phenols is 1. The van der Waals surface area contributed by atoms with E-state index in [0.29, 0.717) is 22.5 Å². The first-order valence-electron chi connectivity index (χ1n) is 10.6. The number of benzene rings is 1. The lowest BCUT2D eigenvalue weighted by Gasteiger charge is -2.40. The zero-order valence-corrected chi connectivity index (χ0v) is 17.0. The van der Waals surface area contributed by atoms with E-state index in [0.717, 1.165) is 5.69 Å². The summed E-state index contributed by atoms with van der Waals surface area (Å²) in [7, 11) is 0. The predicted octanol–water partition coefficient (Wildman–Crippen LogP) is 3.86. The number of alkyl halides is 2. The van der Waals surface area contributed by atoms with Crippen LogP contribution in [0, 0.1) is 5.92 Å². The maximum Gasteiger partial charge on any atom is 0.127 e. The predicted molar refractivity (Wildman–Crippen MR) is 113 cm³/mol. The van der Waals surface area contributed by atoms with Gasteiger partial charge < -0.3 is 15.0 Å². The third kappa shape index (κ3) is 3.31. The van der Waals surface area contributed by atoms with E-state index in [1.54, 1.807) is 54.5 Å². The fraction of sp³-hybridized carbons (Fsp3) is 0.348. The number of fused-ring (bicyclic) bond motifs is 2. The van der Waals surface area contributed by atoms with Gasteiger partial charge in [0.05, 0.1) is 28.9 Å². The molecule has 0 saturated carbocycles. The van der Waals surface area contributed by atoms with Crippen LogP contribution in [0.25, 0.3) is 22.5 Å². The molecule has 2 aliphatic heterocycles. The van der Waals surface area contributed by atoms with Gasteiger partial charge >= 0.3 is 0 Å². The second-order valence-electron chi connectivity index (χ2n) is 8.45. The van der Waals surface area contributed by atoms with E-state index in [1.165, 1.54) is 0 Å². The standard InChI is InChI=1S/C23H23F2N5O/c1-13(16-10-20-17(24)11-23(2,27-20)22(16)25)18-5-6-19(29-28-18)15-4-3-14(9-21(15)31)30-8-7-26-12-30/h3-9,12,16-17,20,22,27,31H,1,10-11H2,2H3/t16-,17+,20-,22-,23-/m0/s1/i20D. The van der Waals surface area contributed by atoms with Gasteiger partial charge in [0, 0.05) is 43.8 Å². The fourth-order valence-electron chi connectivity index (χ4n) is 4.58. The number of aromatic nitrogens is 4. The Bertz CT molecular complexity index is 1170. The summed E-state index contributed by atoms with van der Waals surface area (Å²) in [6.07, 6.45) is 2.15. The fourth-order valence-corrected chi connectivity index (χ4v) is 4.58. The Balaban J connectivity index is 1.39. The average molecular weight is 424 g/mol. The number of nitrogens with one attached hydrogen (secondary N) is 1. The van der Waals surface area contributed by atoms with E-state index in [4.69, 9.17) is 1.37 Å². The highest BCUT2D eigenvalue weighted by molar-refractivity contribution is 5.70. The van der Waals surface area contributed by atoms with Crippen LogP contribution in [0.4, 0.5) is 8.78 Å². The topological polar surface area (TPSA) is 75.9 Å². The van der Waals surface area contributed by atoms with Gasteiger partial charge in [0.2, 0.25) is 0 Å². The van der Waals surface area contributed by atoms with Gasteiger partial charge in [-0.15, -0.1) is 5.10 Å². The number of phenolic OH excluding ortho intramolecular Hbond substituents is 1. The van der Waals surface area contributed by atoms with Gasteiger partial charge in [-0.2, -0.15) is 5.10 Å². The van der Waals surface area contributed by atoms with Crippen molar-refractivity contribution in [2.24, 2.45) is 5.92 Å². The Labute approximate surface area is 180 Å². The van der Waals surface area contributed by atoms with Crippen molar-refractivity contribution in [3.05, 3.63) is 61.3 Å². The van der Waals surface area contributed by atoms with E-state index in [1.807, 2.05) is 6.07 Å². The van der Waals surface area contributed by atoms with Crippen LogP contribution in [0.3, 0.4) is 0 Å². The van der Waals surface area contributed by atoms with Crippen molar-refractivity contribution in [3.8, 4) is 22.7 Å². The average Bonchev–Trinajstić information content (AvgIpc) is 3.37. The minimum absolute atomic E-state index is 0.0241. The third-order valence-corrected chi connectivity index (χ3v) is 6.33. The van der Waals surface area contributed by atoms with Crippen molar-refractivity contribution >= 4 is 5.57 Å². The van der Waals surface area contributed by atoms with E-state index in [-0.39, 0.29) is 18.6 Å².